The van der Waals surface area contributed by atoms with E-state index in [1.807, 2.05) is 60.7 Å². The molecule has 0 saturated carbocycles. The van der Waals surface area contributed by atoms with E-state index >= 15 is 0 Å². The molecular formula is C23H30N2O4. The molecule has 2 aromatic carbocycles. The number of hydrogen-bond acceptors (Lipinski definition) is 4. The fraction of sp³-hybridized carbons (Fsp3) is 0.391. The maximum absolute atomic E-state index is 12.3. The molecule has 3 N–H and O–H groups in total. The molecule has 0 aliphatic carbocycles. The van der Waals surface area contributed by atoms with Crippen LogP contribution in [-0.4, -0.2) is 41.4 Å². The van der Waals surface area contributed by atoms with Crippen LogP contribution in [0, 0.1) is 0 Å². The summed E-state index contributed by atoms with van der Waals surface area (Å²) in [7, 11) is 0. The van der Waals surface area contributed by atoms with Gasteiger partial charge in [-0.05, 0) is 44.7 Å². The maximum atomic E-state index is 12.3. The van der Waals surface area contributed by atoms with Crippen LogP contribution >= 0.6 is 0 Å². The zero-order valence-electron chi connectivity index (χ0n) is 17.2. The Labute approximate surface area is 172 Å². The van der Waals surface area contributed by atoms with Crippen molar-refractivity contribution < 1.29 is 19.4 Å². The Morgan fingerprint density at radius 1 is 0.931 bits per heavy atom. The molecule has 2 aromatic rings. The van der Waals surface area contributed by atoms with Crippen molar-refractivity contribution in [3.63, 3.8) is 0 Å². The van der Waals surface area contributed by atoms with E-state index in [0.29, 0.717) is 19.4 Å². The average molecular weight is 399 g/mol. The van der Waals surface area contributed by atoms with E-state index in [2.05, 4.69) is 10.6 Å². The third kappa shape index (κ3) is 8.79. The summed E-state index contributed by atoms with van der Waals surface area (Å²) >= 11 is 0. The van der Waals surface area contributed by atoms with E-state index < -0.39 is 23.7 Å². The maximum Gasteiger partial charge on any atom is 0.407 e. The van der Waals surface area contributed by atoms with Gasteiger partial charge in [-0.1, -0.05) is 60.7 Å². The normalized spacial score (nSPS) is 13.3. The Kier molecular flexibility index (Phi) is 8.21. The fourth-order valence-corrected chi connectivity index (χ4v) is 2.93. The van der Waals surface area contributed by atoms with Crippen LogP contribution in [0.4, 0.5) is 4.79 Å². The number of nitrogens with one attached hydrogen (secondary N) is 2. The van der Waals surface area contributed by atoms with Crippen LogP contribution in [0.5, 0.6) is 0 Å². The van der Waals surface area contributed by atoms with Crippen molar-refractivity contribution >= 4 is 12.1 Å². The number of carbonyl (C=O) groups is 2. The highest BCUT2D eigenvalue weighted by atomic mass is 16.6. The second-order valence-electron chi connectivity index (χ2n) is 8.02. The number of hydrogen-bond donors (Lipinski definition) is 3. The zero-order valence-corrected chi connectivity index (χ0v) is 17.2. The molecule has 0 bridgehead atoms. The minimum Gasteiger partial charge on any atom is -0.480 e. The van der Waals surface area contributed by atoms with Crippen LogP contribution in [0.3, 0.4) is 0 Å². The number of amides is 1. The molecule has 0 aliphatic rings. The zero-order chi connectivity index (χ0) is 21.3. The van der Waals surface area contributed by atoms with Gasteiger partial charge < -0.3 is 20.5 Å². The van der Waals surface area contributed by atoms with Crippen LogP contribution in [0.15, 0.2) is 60.7 Å². The number of benzene rings is 2. The first-order valence-electron chi connectivity index (χ1n) is 9.76. The van der Waals surface area contributed by atoms with Gasteiger partial charge in [-0.2, -0.15) is 0 Å². The highest BCUT2D eigenvalue weighted by molar-refractivity contribution is 5.74. The Morgan fingerprint density at radius 2 is 1.45 bits per heavy atom. The lowest BCUT2D eigenvalue weighted by Gasteiger charge is -2.25. The predicted molar refractivity (Wildman–Crippen MR) is 113 cm³/mol. The number of alkyl carbamates (subject to hydrolysis) is 1. The van der Waals surface area contributed by atoms with Gasteiger partial charge in [0.1, 0.15) is 11.6 Å². The average Bonchev–Trinajstić information content (AvgIpc) is 2.64. The van der Waals surface area contributed by atoms with E-state index in [1.165, 1.54) is 0 Å². The van der Waals surface area contributed by atoms with Crippen molar-refractivity contribution in [2.24, 2.45) is 0 Å². The summed E-state index contributed by atoms with van der Waals surface area (Å²) in [6.45, 7) is 5.71. The molecular weight excluding hydrogens is 368 g/mol. The van der Waals surface area contributed by atoms with Crippen molar-refractivity contribution in [2.75, 3.05) is 6.54 Å². The lowest BCUT2D eigenvalue weighted by atomic mass is 10.0. The van der Waals surface area contributed by atoms with E-state index in [0.717, 1.165) is 11.1 Å². The second kappa shape index (κ2) is 10.6. The number of carboxylic acid groups (broad SMARTS) is 1. The Bertz CT molecular complexity index is 772. The monoisotopic (exact) mass is 398 g/mol. The Morgan fingerprint density at radius 3 is 1.93 bits per heavy atom. The lowest BCUT2D eigenvalue weighted by Crippen LogP contribution is -2.49. The summed E-state index contributed by atoms with van der Waals surface area (Å²) < 4.78 is 5.36. The van der Waals surface area contributed by atoms with Gasteiger partial charge in [0.2, 0.25) is 0 Å². The molecule has 0 fully saturated rings. The fourth-order valence-electron chi connectivity index (χ4n) is 2.93. The quantitative estimate of drug-likeness (QED) is 0.603. The van der Waals surface area contributed by atoms with Gasteiger partial charge >= 0.3 is 12.1 Å². The molecule has 2 atom stereocenters. The van der Waals surface area contributed by atoms with Crippen LogP contribution in [-0.2, 0) is 22.4 Å². The molecule has 0 unspecified atom stereocenters. The number of aliphatic carboxylic acids is 1. The van der Waals surface area contributed by atoms with Crippen molar-refractivity contribution in [3.8, 4) is 0 Å². The molecule has 1 amide bonds. The number of carboxylic acids is 1. The molecule has 0 aromatic heterocycles. The van der Waals surface area contributed by atoms with Gasteiger partial charge in [0.25, 0.3) is 0 Å². The van der Waals surface area contributed by atoms with Gasteiger partial charge in [0, 0.05) is 12.6 Å². The first-order chi connectivity index (χ1) is 13.7. The molecule has 6 nitrogen and oxygen atoms in total. The summed E-state index contributed by atoms with van der Waals surface area (Å²) in [6.07, 6.45) is 0.404. The number of rotatable bonds is 9. The van der Waals surface area contributed by atoms with Crippen molar-refractivity contribution in [1.29, 1.82) is 0 Å². The van der Waals surface area contributed by atoms with Crippen molar-refractivity contribution in [2.45, 2.75) is 51.3 Å². The highest BCUT2D eigenvalue weighted by Crippen LogP contribution is 2.09. The largest absolute Gasteiger partial charge is 0.480 e. The van der Waals surface area contributed by atoms with Gasteiger partial charge in [-0.15, -0.1) is 0 Å². The molecule has 6 heteroatoms. The second-order valence-corrected chi connectivity index (χ2v) is 8.02. The molecule has 0 heterocycles. The molecule has 0 radical (unpaired) electrons. The van der Waals surface area contributed by atoms with Crippen LogP contribution in [0.25, 0.3) is 0 Å². The van der Waals surface area contributed by atoms with Crippen molar-refractivity contribution in [1.82, 2.24) is 10.6 Å². The summed E-state index contributed by atoms with van der Waals surface area (Å²) in [5.74, 6) is -0.926. The summed E-state index contributed by atoms with van der Waals surface area (Å²) in [6, 6.07) is 18.1. The molecule has 0 saturated heterocycles. The summed E-state index contributed by atoms with van der Waals surface area (Å²) in [5, 5.41) is 15.5. The highest BCUT2D eigenvalue weighted by Gasteiger charge is 2.23. The third-order valence-corrected chi connectivity index (χ3v) is 4.24. The summed E-state index contributed by atoms with van der Waals surface area (Å²) in [5.41, 5.74) is 1.38. The van der Waals surface area contributed by atoms with E-state index in [9.17, 15) is 14.7 Å². The first kappa shape index (κ1) is 22.4. The van der Waals surface area contributed by atoms with Gasteiger partial charge in [0.05, 0.1) is 0 Å². The smallest absolute Gasteiger partial charge is 0.407 e. The van der Waals surface area contributed by atoms with Crippen LogP contribution in [0.1, 0.15) is 31.9 Å². The number of ether oxygens (including phenoxy) is 1. The lowest BCUT2D eigenvalue weighted by molar-refractivity contribution is -0.139. The Balaban J connectivity index is 2.04. The SMILES string of the molecule is CC(C)(C)OC(=O)N[C@@H](CN[C@H](Cc1ccccc1)C(=O)O)Cc1ccccc1. The van der Waals surface area contributed by atoms with Crippen LogP contribution in [0.2, 0.25) is 0 Å². The van der Waals surface area contributed by atoms with E-state index in [4.69, 9.17) is 4.74 Å². The van der Waals surface area contributed by atoms with Crippen LogP contribution < -0.4 is 10.6 Å². The standard InChI is InChI=1S/C23H30N2O4/c1-23(2,3)29-22(28)25-19(14-17-10-6-4-7-11-17)16-24-20(21(26)27)15-18-12-8-5-9-13-18/h4-13,19-20,24H,14-16H2,1-3H3,(H,25,28)(H,26,27)/t19-,20-/m1/s1. The van der Waals surface area contributed by atoms with E-state index in [-0.39, 0.29) is 6.04 Å². The molecule has 156 valence electrons. The number of carbonyl (C=O) groups excluding carboxylic acids is 1. The van der Waals surface area contributed by atoms with Gasteiger partial charge in [-0.25, -0.2) is 4.79 Å². The topological polar surface area (TPSA) is 87.7 Å². The first-order valence-corrected chi connectivity index (χ1v) is 9.76. The third-order valence-electron chi connectivity index (χ3n) is 4.24. The molecule has 29 heavy (non-hydrogen) atoms. The molecule has 2 rings (SSSR count). The van der Waals surface area contributed by atoms with E-state index in [1.54, 1.807) is 20.8 Å². The summed E-state index contributed by atoms with van der Waals surface area (Å²) in [4.78, 5) is 24.0. The van der Waals surface area contributed by atoms with Crippen molar-refractivity contribution in [3.05, 3.63) is 71.8 Å². The molecule has 0 aliphatic heterocycles. The Hall–Kier alpha value is -2.86. The van der Waals surface area contributed by atoms with Gasteiger partial charge in [-0.3, -0.25) is 4.79 Å². The minimum atomic E-state index is -0.926. The molecule has 0 spiro atoms. The minimum absolute atomic E-state index is 0.304. The predicted octanol–water partition coefficient (Wildman–Crippen LogP) is 3.41. The van der Waals surface area contributed by atoms with Gasteiger partial charge in [0.15, 0.2) is 0 Å².